The van der Waals surface area contributed by atoms with Gasteiger partial charge in [-0.2, -0.15) is 0 Å². The van der Waals surface area contributed by atoms with E-state index < -0.39 is 45.1 Å². The van der Waals surface area contributed by atoms with Crippen molar-refractivity contribution in [2.75, 3.05) is 26.4 Å². The first-order valence-electron chi connectivity index (χ1n) is 18.0. The summed E-state index contributed by atoms with van der Waals surface area (Å²) < 4.78 is 33.1. The van der Waals surface area contributed by atoms with E-state index in [0.717, 1.165) is 64.2 Å². The lowest BCUT2D eigenvalue weighted by molar-refractivity contribution is -0.154. The Balaban J connectivity index is 4.28. The molecule has 4 N–H and O–H groups in total. The summed E-state index contributed by atoms with van der Waals surface area (Å²) >= 11 is 0. The first kappa shape index (κ1) is 45.2. The van der Waals surface area contributed by atoms with E-state index in [1.807, 2.05) is 0 Å². The summed E-state index contributed by atoms with van der Waals surface area (Å²) in [5.74, 6) is -1.79. The largest absolute Gasteiger partial charge is 0.480 e. The second-order valence-corrected chi connectivity index (χ2v) is 13.4. The summed E-state index contributed by atoms with van der Waals surface area (Å²) in [6, 6.07) is -1.47. The van der Waals surface area contributed by atoms with E-state index in [4.69, 9.17) is 24.8 Å². The van der Waals surface area contributed by atoms with Gasteiger partial charge in [0, 0.05) is 13.0 Å². The second kappa shape index (κ2) is 32.7. The van der Waals surface area contributed by atoms with E-state index in [0.29, 0.717) is 13.0 Å². The molecular formula is C36H66NO9P. The Kier molecular flexibility index (Phi) is 31.5. The van der Waals surface area contributed by atoms with Crippen LogP contribution in [-0.2, 0) is 32.7 Å². The van der Waals surface area contributed by atoms with Gasteiger partial charge in [0.2, 0.25) is 0 Å². The molecule has 0 saturated carbocycles. The van der Waals surface area contributed by atoms with Gasteiger partial charge in [-0.05, 0) is 44.9 Å². The van der Waals surface area contributed by atoms with Crippen LogP contribution in [0.2, 0.25) is 0 Å². The van der Waals surface area contributed by atoms with E-state index in [-0.39, 0.29) is 13.0 Å². The molecule has 0 fully saturated rings. The molecule has 0 aromatic rings. The third-order valence-corrected chi connectivity index (χ3v) is 8.38. The van der Waals surface area contributed by atoms with Crippen LogP contribution >= 0.6 is 7.82 Å². The maximum atomic E-state index is 12.5. The minimum absolute atomic E-state index is 0.0133. The van der Waals surface area contributed by atoms with Gasteiger partial charge >= 0.3 is 19.8 Å². The van der Waals surface area contributed by atoms with E-state index in [1.54, 1.807) is 0 Å². The minimum atomic E-state index is -4.60. The normalized spacial score (nSPS) is 14.6. The second-order valence-electron chi connectivity index (χ2n) is 12.0. The number of carbonyl (C=O) groups is 2. The smallest absolute Gasteiger partial charge is 0.472 e. The van der Waals surface area contributed by atoms with Crippen LogP contribution in [-0.4, -0.2) is 60.5 Å². The molecule has 0 bridgehead atoms. The maximum absolute atomic E-state index is 12.5. The molecule has 0 heterocycles. The SMILES string of the molecule is CC/C=C\C/C=C\C/C=C\CCCCCCCCCC(=O)OC(COCCCCCCCCCC)COP(=O)(O)OCC(N)C(=O)O. The van der Waals surface area contributed by atoms with Crippen molar-refractivity contribution in [1.82, 2.24) is 0 Å². The number of unbranched alkanes of at least 4 members (excludes halogenated alkanes) is 14. The number of carboxylic acid groups (broad SMARTS) is 1. The van der Waals surface area contributed by atoms with Gasteiger partial charge in [-0.15, -0.1) is 0 Å². The highest BCUT2D eigenvalue weighted by molar-refractivity contribution is 7.47. The Hall–Kier alpha value is -1.81. The quantitative estimate of drug-likeness (QED) is 0.0258. The molecule has 274 valence electrons. The Labute approximate surface area is 285 Å². The number of rotatable bonds is 34. The molecule has 0 aromatic heterocycles. The Morgan fingerprint density at radius 3 is 1.85 bits per heavy atom. The zero-order valence-electron chi connectivity index (χ0n) is 29.4. The molecule has 0 radical (unpaired) electrons. The first-order valence-corrected chi connectivity index (χ1v) is 19.5. The van der Waals surface area contributed by atoms with Crippen molar-refractivity contribution in [3.05, 3.63) is 36.5 Å². The molecule has 47 heavy (non-hydrogen) atoms. The van der Waals surface area contributed by atoms with Crippen LogP contribution in [0.1, 0.15) is 142 Å². The van der Waals surface area contributed by atoms with Gasteiger partial charge in [0.05, 0.1) is 19.8 Å². The number of phosphoric acid groups is 1. The highest BCUT2D eigenvalue weighted by Crippen LogP contribution is 2.43. The third kappa shape index (κ3) is 32.5. The molecule has 0 rings (SSSR count). The number of ether oxygens (including phenoxy) is 2. The number of allylic oxidation sites excluding steroid dienone is 6. The Bertz CT molecular complexity index is 894. The monoisotopic (exact) mass is 687 g/mol. The minimum Gasteiger partial charge on any atom is -0.480 e. The lowest BCUT2D eigenvalue weighted by Crippen LogP contribution is -2.34. The summed E-state index contributed by atoms with van der Waals surface area (Å²) in [5, 5.41) is 8.84. The van der Waals surface area contributed by atoms with Crippen molar-refractivity contribution in [3.8, 4) is 0 Å². The molecule has 0 aromatic carbocycles. The van der Waals surface area contributed by atoms with E-state index in [1.165, 1.54) is 51.4 Å². The van der Waals surface area contributed by atoms with Crippen molar-refractivity contribution in [1.29, 1.82) is 0 Å². The molecule has 3 atom stereocenters. The van der Waals surface area contributed by atoms with Crippen molar-refractivity contribution in [2.24, 2.45) is 5.73 Å². The summed E-state index contributed by atoms with van der Waals surface area (Å²) in [7, 11) is -4.60. The number of phosphoric ester groups is 1. The zero-order valence-corrected chi connectivity index (χ0v) is 30.3. The summed E-state index contributed by atoms with van der Waals surface area (Å²) in [5.41, 5.74) is 5.32. The number of hydrogen-bond donors (Lipinski definition) is 3. The van der Waals surface area contributed by atoms with Crippen molar-refractivity contribution >= 4 is 19.8 Å². The Morgan fingerprint density at radius 1 is 0.702 bits per heavy atom. The van der Waals surface area contributed by atoms with Gasteiger partial charge in [-0.1, -0.05) is 127 Å². The summed E-state index contributed by atoms with van der Waals surface area (Å²) in [6.07, 6.45) is 33.5. The molecule has 0 saturated heterocycles. The predicted octanol–water partition coefficient (Wildman–Crippen LogP) is 8.97. The third-order valence-electron chi connectivity index (χ3n) is 7.43. The summed E-state index contributed by atoms with van der Waals surface area (Å²) in [4.78, 5) is 33.3. The van der Waals surface area contributed by atoms with Crippen LogP contribution in [0.25, 0.3) is 0 Å². The standard InChI is InChI=1S/C36H66NO9P/c1-3-5-7-9-11-13-14-15-16-17-18-19-20-21-22-24-26-28-35(38)46-33(30-43-29-27-25-23-12-10-8-6-4-2)31-44-47(41,42)45-32-34(37)36(39)40/h5,7,11,13,15-16,33-34H,3-4,6,8-10,12,14,17-32,37H2,1-2H3,(H,39,40)(H,41,42)/b7-5-,13-11-,16-15-. The van der Waals surface area contributed by atoms with Crippen molar-refractivity contribution in [2.45, 2.75) is 154 Å². The van der Waals surface area contributed by atoms with Gasteiger partial charge in [-0.3, -0.25) is 18.6 Å². The molecular weight excluding hydrogens is 621 g/mol. The van der Waals surface area contributed by atoms with Crippen LogP contribution in [0.3, 0.4) is 0 Å². The highest BCUT2D eigenvalue weighted by atomic mass is 31.2. The lowest BCUT2D eigenvalue weighted by Gasteiger charge is -2.20. The molecule has 3 unspecified atom stereocenters. The van der Waals surface area contributed by atoms with Gasteiger partial charge in [0.25, 0.3) is 0 Å². The number of esters is 1. The number of nitrogens with two attached hydrogens (primary N) is 1. The van der Waals surface area contributed by atoms with Crippen LogP contribution in [0, 0.1) is 0 Å². The molecule has 0 aliphatic heterocycles. The van der Waals surface area contributed by atoms with Gasteiger partial charge in [0.15, 0.2) is 0 Å². The van der Waals surface area contributed by atoms with Gasteiger partial charge < -0.3 is 25.2 Å². The Morgan fingerprint density at radius 2 is 1.23 bits per heavy atom. The van der Waals surface area contributed by atoms with Crippen LogP contribution in [0.5, 0.6) is 0 Å². The predicted molar refractivity (Wildman–Crippen MR) is 189 cm³/mol. The number of hydrogen-bond acceptors (Lipinski definition) is 8. The zero-order chi connectivity index (χ0) is 34.9. The molecule has 0 aliphatic carbocycles. The van der Waals surface area contributed by atoms with Crippen molar-refractivity contribution in [3.63, 3.8) is 0 Å². The summed E-state index contributed by atoms with van der Waals surface area (Å²) in [6.45, 7) is 3.71. The molecule has 0 aliphatic rings. The fourth-order valence-corrected chi connectivity index (χ4v) is 5.39. The molecule has 0 amide bonds. The fourth-order valence-electron chi connectivity index (χ4n) is 4.62. The first-order chi connectivity index (χ1) is 22.7. The van der Waals surface area contributed by atoms with E-state index >= 15 is 0 Å². The van der Waals surface area contributed by atoms with Crippen LogP contribution in [0.4, 0.5) is 0 Å². The number of aliphatic carboxylic acids is 1. The van der Waals surface area contributed by atoms with Crippen molar-refractivity contribution < 1.29 is 42.7 Å². The molecule has 11 heteroatoms. The maximum Gasteiger partial charge on any atom is 0.472 e. The van der Waals surface area contributed by atoms with Crippen LogP contribution < -0.4 is 5.73 Å². The number of carboxylic acids is 1. The fraction of sp³-hybridized carbons (Fsp3) is 0.778. The topological polar surface area (TPSA) is 155 Å². The number of carbonyl (C=O) groups excluding carboxylic acids is 1. The highest BCUT2D eigenvalue weighted by Gasteiger charge is 2.27. The molecule has 10 nitrogen and oxygen atoms in total. The average Bonchev–Trinajstić information content (AvgIpc) is 3.04. The molecule has 0 spiro atoms. The lowest BCUT2D eigenvalue weighted by atomic mass is 10.1. The van der Waals surface area contributed by atoms with Crippen LogP contribution in [0.15, 0.2) is 36.5 Å². The average molecular weight is 688 g/mol. The van der Waals surface area contributed by atoms with Gasteiger partial charge in [-0.25, -0.2) is 4.57 Å². The van der Waals surface area contributed by atoms with E-state index in [2.05, 4.69) is 54.8 Å². The van der Waals surface area contributed by atoms with Gasteiger partial charge in [0.1, 0.15) is 12.1 Å². The van der Waals surface area contributed by atoms with E-state index in [9.17, 15) is 19.0 Å².